The van der Waals surface area contributed by atoms with Crippen LogP contribution in [0.15, 0.2) is 60.7 Å². The van der Waals surface area contributed by atoms with E-state index >= 15 is 0 Å². The molecule has 0 heterocycles. The molecule has 1 fully saturated rings. The van der Waals surface area contributed by atoms with Gasteiger partial charge in [0.1, 0.15) is 0 Å². The number of nitrogens with two attached hydrogens (primary N) is 1. The van der Waals surface area contributed by atoms with Gasteiger partial charge < -0.3 is 5.73 Å². The Morgan fingerprint density at radius 2 is 1.44 bits per heavy atom. The Hall–Kier alpha value is -1.41. The van der Waals surface area contributed by atoms with Gasteiger partial charge in [-0.1, -0.05) is 62.1 Å². The Kier molecular flexibility index (Phi) is 7.70. The third kappa shape index (κ3) is 5.31. The minimum atomic E-state index is -2.84. The van der Waals surface area contributed by atoms with Crippen molar-refractivity contribution < 1.29 is 4.57 Å². The Morgan fingerprint density at radius 3 is 2.04 bits per heavy atom. The second kappa shape index (κ2) is 10.2. The molecule has 0 bridgehead atoms. The van der Waals surface area contributed by atoms with Gasteiger partial charge in [0.2, 0.25) is 7.29 Å². The molecule has 4 heteroatoms. The molecule has 0 aromatic heterocycles. The summed E-state index contributed by atoms with van der Waals surface area (Å²) in [4.78, 5) is 0. The van der Waals surface area contributed by atoms with Crippen LogP contribution < -0.4 is 21.4 Å². The fourth-order valence-corrected chi connectivity index (χ4v) is 6.85. The van der Waals surface area contributed by atoms with Crippen molar-refractivity contribution in [3.63, 3.8) is 0 Å². The molecular weight excluding hydrogens is 351 g/mol. The first-order chi connectivity index (χ1) is 13.2. The molecule has 3 N–H and O–H groups in total. The first kappa shape index (κ1) is 20.3. The first-order valence-corrected chi connectivity index (χ1v) is 12.1. The molecule has 2 atom stereocenters. The second-order valence-corrected chi connectivity index (χ2v) is 10.2. The van der Waals surface area contributed by atoms with Crippen molar-refractivity contribution in [3.05, 3.63) is 60.7 Å². The van der Waals surface area contributed by atoms with Gasteiger partial charge >= 0.3 is 0 Å². The standard InChI is InChI=1S/C23H33N2OP/c24-19-11-3-4-12-20-13-9-10-18-23(20)25-27(26,21-14-5-1-6-15-21)22-16-7-2-8-17-22/h1-2,5-8,14-17,20,23H,3-4,9-13,18-19,24H2,(H,25,26)/t20-,23-/m0/s1. The molecular formula is C23H33N2OP. The maximum atomic E-state index is 14.3. The van der Waals surface area contributed by atoms with Crippen LogP contribution in [0.25, 0.3) is 0 Å². The van der Waals surface area contributed by atoms with Gasteiger partial charge in [-0.25, -0.2) is 0 Å². The molecule has 1 aliphatic carbocycles. The van der Waals surface area contributed by atoms with Crippen molar-refractivity contribution in [2.24, 2.45) is 11.7 Å². The van der Waals surface area contributed by atoms with Gasteiger partial charge in [-0.3, -0.25) is 9.65 Å². The summed E-state index contributed by atoms with van der Waals surface area (Å²) in [6.07, 6.45) is 9.62. The second-order valence-electron chi connectivity index (χ2n) is 7.70. The summed E-state index contributed by atoms with van der Waals surface area (Å²) in [6, 6.07) is 20.2. The maximum absolute atomic E-state index is 14.3. The fraction of sp³-hybridized carbons (Fsp3) is 0.478. The topological polar surface area (TPSA) is 55.1 Å². The number of hydrogen-bond donors (Lipinski definition) is 2. The van der Waals surface area contributed by atoms with E-state index in [-0.39, 0.29) is 0 Å². The summed E-state index contributed by atoms with van der Waals surface area (Å²) in [6.45, 7) is 0.781. The van der Waals surface area contributed by atoms with Crippen LogP contribution in [0.4, 0.5) is 0 Å². The van der Waals surface area contributed by atoms with E-state index in [0.717, 1.165) is 30.0 Å². The van der Waals surface area contributed by atoms with Gasteiger partial charge in [-0.05, 0) is 62.4 Å². The summed E-state index contributed by atoms with van der Waals surface area (Å²) < 4.78 is 14.3. The van der Waals surface area contributed by atoms with Crippen LogP contribution in [0, 0.1) is 5.92 Å². The Bertz CT molecular complexity index is 676. The molecule has 0 unspecified atom stereocenters. The Balaban J connectivity index is 1.81. The van der Waals surface area contributed by atoms with Crippen LogP contribution in [0.3, 0.4) is 0 Å². The molecule has 3 nitrogen and oxygen atoms in total. The average molecular weight is 385 g/mol. The predicted octanol–water partition coefficient (Wildman–Crippen LogP) is 4.58. The third-order valence-electron chi connectivity index (χ3n) is 5.78. The smallest absolute Gasteiger partial charge is 0.204 e. The van der Waals surface area contributed by atoms with Gasteiger partial charge in [-0.2, -0.15) is 0 Å². The van der Waals surface area contributed by atoms with Gasteiger partial charge in [0.05, 0.1) is 0 Å². The molecule has 0 amide bonds. The number of unbranched alkanes of at least 4 members (excludes halogenated alkanes) is 2. The van der Waals surface area contributed by atoms with E-state index in [1.807, 2.05) is 60.7 Å². The van der Waals surface area contributed by atoms with E-state index in [2.05, 4.69) is 5.09 Å². The number of nitrogens with one attached hydrogen (secondary N) is 1. The van der Waals surface area contributed by atoms with E-state index in [9.17, 15) is 4.57 Å². The van der Waals surface area contributed by atoms with Crippen molar-refractivity contribution in [2.75, 3.05) is 6.54 Å². The normalized spacial score (nSPS) is 20.5. The lowest BCUT2D eigenvalue weighted by molar-refractivity contribution is 0.268. The van der Waals surface area contributed by atoms with Gasteiger partial charge in [-0.15, -0.1) is 0 Å². The first-order valence-electron chi connectivity index (χ1n) is 10.4. The lowest BCUT2D eigenvalue weighted by Crippen LogP contribution is -2.41. The molecule has 2 aromatic rings. The Morgan fingerprint density at radius 1 is 0.852 bits per heavy atom. The van der Waals surface area contributed by atoms with E-state index in [0.29, 0.717) is 12.0 Å². The molecule has 27 heavy (non-hydrogen) atoms. The summed E-state index contributed by atoms with van der Waals surface area (Å²) in [5.41, 5.74) is 5.64. The molecule has 1 saturated carbocycles. The minimum Gasteiger partial charge on any atom is -0.330 e. The lowest BCUT2D eigenvalue weighted by Gasteiger charge is -2.35. The minimum absolute atomic E-state index is 0.322. The molecule has 2 aromatic carbocycles. The van der Waals surface area contributed by atoms with Crippen molar-refractivity contribution in [3.8, 4) is 0 Å². The fourth-order valence-electron chi connectivity index (χ4n) is 4.26. The van der Waals surface area contributed by atoms with Gasteiger partial charge in [0, 0.05) is 16.7 Å². The summed E-state index contributed by atoms with van der Waals surface area (Å²) in [5.74, 6) is 0.609. The summed E-state index contributed by atoms with van der Waals surface area (Å²) >= 11 is 0. The predicted molar refractivity (Wildman–Crippen MR) is 116 cm³/mol. The lowest BCUT2D eigenvalue weighted by atomic mass is 9.82. The summed E-state index contributed by atoms with van der Waals surface area (Å²) in [7, 11) is -2.84. The SMILES string of the molecule is NCCCCC[C@H]1CCCC[C@@H]1NP(=O)(c1ccccc1)c1ccccc1. The van der Waals surface area contributed by atoms with Crippen LogP contribution in [0.2, 0.25) is 0 Å². The third-order valence-corrected chi connectivity index (χ3v) is 8.52. The van der Waals surface area contributed by atoms with Crippen molar-refractivity contribution in [1.29, 1.82) is 0 Å². The van der Waals surface area contributed by atoms with Crippen LogP contribution in [0.1, 0.15) is 51.4 Å². The van der Waals surface area contributed by atoms with E-state index in [1.54, 1.807) is 0 Å². The highest BCUT2D eigenvalue weighted by Crippen LogP contribution is 2.42. The van der Waals surface area contributed by atoms with E-state index < -0.39 is 7.29 Å². The van der Waals surface area contributed by atoms with Gasteiger partial charge in [0.25, 0.3) is 0 Å². The Labute approximate surface area is 164 Å². The molecule has 1 aliphatic rings. The quantitative estimate of drug-likeness (QED) is 0.491. The highest BCUT2D eigenvalue weighted by atomic mass is 31.2. The largest absolute Gasteiger partial charge is 0.330 e. The molecule has 0 spiro atoms. The highest BCUT2D eigenvalue weighted by molar-refractivity contribution is 7.76. The highest BCUT2D eigenvalue weighted by Gasteiger charge is 2.34. The number of rotatable bonds is 9. The molecule has 0 aliphatic heterocycles. The maximum Gasteiger partial charge on any atom is 0.204 e. The zero-order valence-electron chi connectivity index (χ0n) is 16.2. The van der Waals surface area contributed by atoms with E-state index in [1.165, 1.54) is 38.5 Å². The number of hydrogen-bond acceptors (Lipinski definition) is 2. The van der Waals surface area contributed by atoms with Crippen molar-refractivity contribution in [2.45, 2.75) is 57.4 Å². The zero-order chi connectivity index (χ0) is 19.0. The molecule has 146 valence electrons. The van der Waals surface area contributed by atoms with E-state index in [4.69, 9.17) is 5.73 Å². The van der Waals surface area contributed by atoms with Crippen molar-refractivity contribution in [1.82, 2.24) is 5.09 Å². The van der Waals surface area contributed by atoms with Crippen molar-refractivity contribution >= 4 is 17.9 Å². The zero-order valence-corrected chi connectivity index (χ0v) is 17.1. The number of benzene rings is 2. The molecule has 0 radical (unpaired) electrons. The van der Waals surface area contributed by atoms with Crippen LogP contribution in [0.5, 0.6) is 0 Å². The molecule has 0 saturated heterocycles. The summed E-state index contributed by atoms with van der Waals surface area (Å²) in [5, 5.41) is 5.50. The van der Waals surface area contributed by atoms with Gasteiger partial charge in [0.15, 0.2) is 0 Å². The molecule has 3 rings (SSSR count). The average Bonchev–Trinajstić information content (AvgIpc) is 2.73. The monoisotopic (exact) mass is 384 g/mol. The van der Waals surface area contributed by atoms with Crippen LogP contribution >= 0.6 is 7.29 Å². The van der Waals surface area contributed by atoms with Crippen LogP contribution in [-0.2, 0) is 4.57 Å². The van der Waals surface area contributed by atoms with Crippen LogP contribution in [-0.4, -0.2) is 12.6 Å².